The van der Waals surface area contributed by atoms with E-state index in [4.69, 9.17) is 4.74 Å². The van der Waals surface area contributed by atoms with Gasteiger partial charge in [-0.3, -0.25) is 10.1 Å². The number of nitrogens with zero attached hydrogens (tertiary/aromatic N) is 2. The predicted octanol–water partition coefficient (Wildman–Crippen LogP) is 5.06. The van der Waals surface area contributed by atoms with Gasteiger partial charge in [-0.25, -0.2) is 9.78 Å². The smallest absolute Gasteiger partial charge is 0.427 e. The van der Waals surface area contributed by atoms with Crippen LogP contribution in [0, 0.1) is 13.8 Å². The van der Waals surface area contributed by atoms with Gasteiger partial charge < -0.3 is 19.1 Å². The highest BCUT2D eigenvalue weighted by Gasteiger charge is 2.51. The van der Waals surface area contributed by atoms with Crippen molar-refractivity contribution in [1.82, 2.24) is 10.3 Å². The number of aryl methyl sites for hydroxylation is 2. The summed E-state index contributed by atoms with van der Waals surface area (Å²) in [6, 6.07) is 4.70. The lowest BCUT2D eigenvalue weighted by molar-refractivity contribution is -0.242. The van der Waals surface area contributed by atoms with Gasteiger partial charge in [0.2, 0.25) is 11.5 Å². The van der Waals surface area contributed by atoms with Crippen LogP contribution in [0.5, 0.6) is 5.75 Å². The number of halogens is 3. The first-order valence-corrected chi connectivity index (χ1v) is 11.9. The maximum absolute atomic E-state index is 13.0. The number of ether oxygens (including phenoxy) is 2. The van der Waals surface area contributed by atoms with E-state index in [1.54, 1.807) is 23.5 Å². The van der Waals surface area contributed by atoms with Gasteiger partial charge in [-0.2, -0.15) is 13.2 Å². The van der Waals surface area contributed by atoms with E-state index in [9.17, 15) is 22.8 Å². The lowest BCUT2D eigenvalue weighted by atomic mass is 10.1. The minimum absolute atomic E-state index is 0.181. The summed E-state index contributed by atoms with van der Waals surface area (Å²) in [6.45, 7) is 7.52. The second kappa shape index (κ2) is 9.90. The number of rotatable bonds is 6. The lowest BCUT2D eigenvalue weighted by Gasteiger charge is -2.35. The summed E-state index contributed by atoms with van der Waals surface area (Å²) in [5, 5.41) is 6.80. The van der Waals surface area contributed by atoms with Gasteiger partial charge in [0.1, 0.15) is 16.9 Å². The Hall–Kier alpha value is -2.67. The fraction of sp³-hybridized carbons (Fsp3) is 0.476. The largest absolute Gasteiger partial charge is 0.484 e. The van der Waals surface area contributed by atoms with E-state index in [0.717, 1.165) is 28.8 Å². The molecule has 1 aliphatic rings. The van der Waals surface area contributed by atoms with E-state index in [0.29, 0.717) is 24.5 Å². The zero-order valence-corrected chi connectivity index (χ0v) is 20.8. The third-order valence-electron chi connectivity index (χ3n) is 4.80. The lowest BCUT2D eigenvalue weighted by Crippen LogP contribution is -2.44. The molecule has 1 aliphatic heterocycles. The molecule has 186 valence electrons. The van der Waals surface area contributed by atoms with Crippen molar-refractivity contribution in [3.8, 4) is 5.75 Å². The van der Waals surface area contributed by atoms with Gasteiger partial charge in [-0.05, 0) is 45.9 Å². The van der Waals surface area contributed by atoms with Gasteiger partial charge in [-0.15, -0.1) is 11.3 Å². The Morgan fingerprint density at radius 3 is 2.62 bits per heavy atom. The van der Waals surface area contributed by atoms with Gasteiger partial charge in [0.25, 0.3) is 0 Å². The molecule has 2 N–H and O–H groups in total. The van der Waals surface area contributed by atoms with Crippen LogP contribution in [0.1, 0.15) is 30.7 Å². The second-order valence-corrected chi connectivity index (χ2v) is 10.5. The molecule has 2 aromatic rings. The van der Waals surface area contributed by atoms with Crippen LogP contribution in [-0.4, -0.2) is 48.0 Å². The van der Waals surface area contributed by atoms with E-state index >= 15 is 0 Å². The highest BCUT2D eigenvalue weighted by molar-refractivity contribution is 8.00. The number of carbonyl (C=O) groups excluding carboxylic acids is 2. The quantitative estimate of drug-likeness (QED) is 0.517. The zero-order chi connectivity index (χ0) is 25.3. The van der Waals surface area contributed by atoms with E-state index in [1.807, 2.05) is 18.2 Å². The molecular formula is C21H25F3N4O4S2. The molecule has 13 heteroatoms. The Kier molecular flexibility index (Phi) is 7.56. The Morgan fingerprint density at radius 2 is 2.03 bits per heavy atom. The number of benzene rings is 1. The Labute approximate surface area is 203 Å². The average Bonchev–Trinajstić information content (AvgIpc) is 3.02. The minimum Gasteiger partial charge on any atom is -0.484 e. The molecule has 3 rings (SSSR count). The molecule has 0 radical (unpaired) electrons. The fourth-order valence-electron chi connectivity index (χ4n) is 2.97. The van der Waals surface area contributed by atoms with Gasteiger partial charge in [-0.1, -0.05) is 0 Å². The summed E-state index contributed by atoms with van der Waals surface area (Å²) < 4.78 is 51.6. The summed E-state index contributed by atoms with van der Waals surface area (Å²) in [4.78, 5) is 29.0. The maximum Gasteiger partial charge on any atom is 0.427 e. The summed E-state index contributed by atoms with van der Waals surface area (Å²) in [5.41, 5.74) is -1.81. The molecule has 34 heavy (non-hydrogen) atoms. The van der Waals surface area contributed by atoms with E-state index in [1.165, 1.54) is 24.9 Å². The highest BCUT2D eigenvalue weighted by Crippen LogP contribution is 2.42. The number of aromatic nitrogens is 1. The molecule has 1 atom stereocenters. The predicted molar refractivity (Wildman–Crippen MR) is 125 cm³/mol. The molecule has 2 heterocycles. The van der Waals surface area contributed by atoms with Crippen molar-refractivity contribution in [1.29, 1.82) is 0 Å². The van der Waals surface area contributed by atoms with Gasteiger partial charge in [0, 0.05) is 29.4 Å². The number of hydrogen-bond donors (Lipinski definition) is 2. The maximum atomic E-state index is 13.0. The standard InChI is InChI=1S/C21H25F3N4O4S2/c1-11-18(26-13(3)33-11)34-28-10-15(9-25-12(2)29)31-17-7-6-14(8-16(17)28)27-19(30)32-20(4,5)21(22,23)24/h6-8,15H,9-10H2,1-5H3,(H,25,29)(H,27,30)/t15-/m0/s1. The van der Waals surface area contributed by atoms with E-state index in [2.05, 4.69) is 20.4 Å². The number of carbonyl (C=O) groups is 2. The number of nitrogens with one attached hydrogen (secondary N) is 2. The third-order valence-corrected chi connectivity index (χ3v) is 6.96. The number of thiazole rings is 1. The molecule has 1 aromatic heterocycles. The average molecular weight is 519 g/mol. The van der Waals surface area contributed by atoms with Gasteiger partial charge in [0.05, 0.1) is 23.8 Å². The summed E-state index contributed by atoms with van der Waals surface area (Å²) in [7, 11) is 0. The minimum atomic E-state index is -4.71. The fourth-order valence-corrected chi connectivity index (χ4v) is 4.98. The Morgan fingerprint density at radius 1 is 1.32 bits per heavy atom. The third kappa shape index (κ3) is 6.26. The van der Waals surface area contributed by atoms with Crippen LogP contribution in [0.15, 0.2) is 23.2 Å². The van der Waals surface area contributed by atoms with Crippen molar-refractivity contribution in [3.63, 3.8) is 0 Å². The van der Waals surface area contributed by atoms with Crippen LogP contribution in [0.4, 0.5) is 29.3 Å². The molecule has 1 aromatic carbocycles. The topological polar surface area (TPSA) is 92.8 Å². The number of anilines is 2. The first kappa shape index (κ1) is 25.9. The van der Waals surface area contributed by atoms with E-state index < -0.39 is 17.9 Å². The van der Waals surface area contributed by atoms with Crippen molar-refractivity contribution in [2.24, 2.45) is 0 Å². The van der Waals surface area contributed by atoms with Gasteiger partial charge in [0.15, 0.2) is 0 Å². The number of fused-ring (bicyclic) bond motifs is 1. The SMILES string of the molecule is CC(=O)NC[C@H]1CN(Sc2nc(C)sc2C)c2cc(NC(=O)OC(C)(C)C(F)(F)F)ccc2O1. The first-order chi connectivity index (χ1) is 15.7. The summed E-state index contributed by atoms with van der Waals surface area (Å²) in [6.07, 6.45) is -6.29. The molecule has 0 unspecified atom stereocenters. The molecule has 8 nitrogen and oxygen atoms in total. The van der Waals surface area contributed by atoms with Crippen molar-refractivity contribution in [3.05, 3.63) is 28.1 Å². The summed E-state index contributed by atoms with van der Waals surface area (Å²) >= 11 is 2.94. The Balaban J connectivity index is 1.83. The van der Waals surface area contributed by atoms with Crippen LogP contribution in [0.2, 0.25) is 0 Å². The second-order valence-electron chi connectivity index (χ2n) is 8.13. The van der Waals surface area contributed by atoms with Crippen LogP contribution in [0.3, 0.4) is 0 Å². The summed E-state index contributed by atoms with van der Waals surface area (Å²) in [5.74, 6) is 0.313. The first-order valence-electron chi connectivity index (χ1n) is 10.3. The number of alkyl halides is 3. The molecule has 2 amide bonds. The van der Waals surface area contributed by atoms with Crippen molar-refractivity contribution in [2.75, 3.05) is 22.7 Å². The van der Waals surface area contributed by atoms with Crippen molar-refractivity contribution >= 4 is 46.7 Å². The number of amides is 2. The van der Waals surface area contributed by atoms with Crippen molar-refractivity contribution in [2.45, 2.75) is 57.5 Å². The van der Waals surface area contributed by atoms with Gasteiger partial charge >= 0.3 is 12.3 Å². The molecule has 0 saturated heterocycles. The van der Waals surface area contributed by atoms with Crippen LogP contribution in [0.25, 0.3) is 0 Å². The van der Waals surface area contributed by atoms with E-state index in [-0.39, 0.29) is 17.7 Å². The molecular weight excluding hydrogens is 493 g/mol. The van der Waals surface area contributed by atoms with Crippen LogP contribution >= 0.6 is 23.3 Å². The molecule has 0 bridgehead atoms. The molecule has 0 fully saturated rings. The number of hydrogen-bond acceptors (Lipinski definition) is 8. The Bertz CT molecular complexity index is 1070. The normalized spacial score (nSPS) is 15.9. The zero-order valence-electron chi connectivity index (χ0n) is 19.2. The van der Waals surface area contributed by atoms with Crippen molar-refractivity contribution < 1.29 is 32.2 Å². The van der Waals surface area contributed by atoms with Crippen LogP contribution in [-0.2, 0) is 9.53 Å². The highest BCUT2D eigenvalue weighted by atomic mass is 32.2. The van der Waals surface area contributed by atoms with Crippen LogP contribution < -0.4 is 19.7 Å². The molecule has 0 spiro atoms. The molecule has 0 aliphatic carbocycles. The monoisotopic (exact) mass is 518 g/mol. The molecule has 0 saturated carbocycles.